The topological polar surface area (TPSA) is 24.1 Å². The van der Waals surface area contributed by atoms with Gasteiger partial charge in [-0.1, -0.05) is 18.6 Å². The van der Waals surface area contributed by atoms with E-state index in [4.69, 9.17) is 0 Å². The summed E-state index contributed by atoms with van der Waals surface area (Å²) in [7, 11) is 0. The van der Waals surface area contributed by atoms with E-state index in [-0.39, 0.29) is 11.9 Å². The van der Waals surface area contributed by atoms with Crippen molar-refractivity contribution in [2.24, 2.45) is 0 Å². The molecular weight excluding hydrogens is 215 g/mol. The first-order valence-electron chi connectivity index (χ1n) is 6.48. The average Bonchev–Trinajstić information content (AvgIpc) is 2.38. The Morgan fingerprint density at radius 3 is 2.76 bits per heavy atom. The Balaban J connectivity index is 1.80. The molecule has 1 heterocycles. The fraction of sp³-hybridized carbons (Fsp3) is 0.571. The third kappa shape index (κ3) is 3.79. The van der Waals surface area contributed by atoms with Gasteiger partial charge in [-0.2, -0.15) is 0 Å². The van der Waals surface area contributed by atoms with Crippen LogP contribution in [-0.4, -0.2) is 19.1 Å². The molecule has 1 aliphatic heterocycles. The minimum Gasteiger partial charge on any atom is -0.313 e. The van der Waals surface area contributed by atoms with Crippen LogP contribution in [0.4, 0.5) is 4.39 Å². The lowest BCUT2D eigenvalue weighted by Crippen LogP contribution is -2.42. The van der Waals surface area contributed by atoms with E-state index in [1.807, 2.05) is 12.1 Å². The molecule has 1 saturated heterocycles. The van der Waals surface area contributed by atoms with E-state index < -0.39 is 0 Å². The second-order valence-corrected chi connectivity index (χ2v) is 4.83. The van der Waals surface area contributed by atoms with Crippen molar-refractivity contribution in [3.8, 4) is 0 Å². The maximum absolute atomic E-state index is 12.8. The normalized spacial score (nSPS) is 22.4. The van der Waals surface area contributed by atoms with Crippen LogP contribution >= 0.6 is 0 Å². The SMILES string of the molecule is C[C@@H](NCC1CCCCN1)c1ccc(F)cc1. The number of hydrogen-bond donors (Lipinski definition) is 2. The first kappa shape index (κ1) is 12.5. The second-order valence-electron chi connectivity index (χ2n) is 4.83. The molecule has 0 aliphatic carbocycles. The molecule has 0 aromatic heterocycles. The van der Waals surface area contributed by atoms with Gasteiger partial charge in [0.05, 0.1) is 0 Å². The number of piperidine rings is 1. The maximum atomic E-state index is 12.8. The van der Waals surface area contributed by atoms with Crippen LogP contribution in [0.3, 0.4) is 0 Å². The maximum Gasteiger partial charge on any atom is 0.123 e. The Hall–Kier alpha value is -0.930. The molecule has 1 fully saturated rings. The molecule has 94 valence electrons. The predicted molar refractivity (Wildman–Crippen MR) is 68.5 cm³/mol. The fourth-order valence-electron chi connectivity index (χ4n) is 2.29. The Kier molecular flexibility index (Phi) is 4.51. The van der Waals surface area contributed by atoms with Gasteiger partial charge in [0.25, 0.3) is 0 Å². The molecule has 2 nitrogen and oxygen atoms in total. The van der Waals surface area contributed by atoms with Crippen molar-refractivity contribution < 1.29 is 4.39 Å². The highest BCUT2D eigenvalue weighted by Gasteiger charge is 2.13. The second kappa shape index (κ2) is 6.12. The van der Waals surface area contributed by atoms with E-state index in [2.05, 4.69) is 17.6 Å². The third-order valence-corrected chi connectivity index (χ3v) is 3.45. The van der Waals surface area contributed by atoms with Crippen LogP contribution in [0, 0.1) is 5.82 Å². The number of hydrogen-bond acceptors (Lipinski definition) is 2. The van der Waals surface area contributed by atoms with Crippen LogP contribution in [0.1, 0.15) is 37.8 Å². The van der Waals surface area contributed by atoms with Crippen LogP contribution in [0.15, 0.2) is 24.3 Å². The summed E-state index contributed by atoms with van der Waals surface area (Å²) in [5.74, 6) is -0.171. The van der Waals surface area contributed by atoms with Crippen molar-refractivity contribution in [3.63, 3.8) is 0 Å². The van der Waals surface area contributed by atoms with Crippen molar-refractivity contribution in [2.45, 2.75) is 38.3 Å². The summed E-state index contributed by atoms with van der Waals surface area (Å²) in [5, 5.41) is 7.02. The Morgan fingerprint density at radius 1 is 1.35 bits per heavy atom. The summed E-state index contributed by atoms with van der Waals surface area (Å²) in [6.07, 6.45) is 3.87. The zero-order valence-electron chi connectivity index (χ0n) is 10.4. The molecule has 1 aliphatic rings. The lowest BCUT2D eigenvalue weighted by atomic mass is 10.0. The number of nitrogens with one attached hydrogen (secondary N) is 2. The minimum atomic E-state index is -0.171. The standard InChI is InChI=1S/C14H21FN2/c1-11(12-5-7-13(15)8-6-12)17-10-14-4-2-3-9-16-14/h5-8,11,14,16-17H,2-4,9-10H2,1H3/t11-,14?/m1/s1. The molecule has 3 heteroatoms. The van der Waals surface area contributed by atoms with Gasteiger partial charge in [0.1, 0.15) is 5.82 Å². The lowest BCUT2D eigenvalue weighted by Gasteiger charge is -2.25. The van der Waals surface area contributed by atoms with Gasteiger partial charge in [0, 0.05) is 18.6 Å². The number of rotatable bonds is 4. The quantitative estimate of drug-likeness (QED) is 0.839. The van der Waals surface area contributed by atoms with Gasteiger partial charge in [-0.15, -0.1) is 0 Å². The molecule has 17 heavy (non-hydrogen) atoms. The van der Waals surface area contributed by atoms with Crippen molar-refractivity contribution in [3.05, 3.63) is 35.6 Å². The smallest absolute Gasteiger partial charge is 0.123 e. The van der Waals surface area contributed by atoms with Crippen LogP contribution < -0.4 is 10.6 Å². The molecule has 0 bridgehead atoms. The van der Waals surface area contributed by atoms with E-state index in [1.54, 1.807) is 0 Å². The van der Waals surface area contributed by atoms with Gasteiger partial charge >= 0.3 is 0 Å². The van der Waals surface area contributed by atoms with Gasteiger partial charge in [-0.3, -0.25) is 0 Å². The number of benzene rings is 1. The Bertz CT molecular complexity index is 331. The monoisotopic (exact) mass is 236 g/mol. The minimum absolute atomic E-state index is 0.171. The van der Waals surface area contributed by atoms with E-state index >= 15 is 0 Å². The molecule has 1 aromatic rings. The highest BCUT2D eigenvalue weighted by molar-refractivity contribution is 5.19. The lowest BCUT2D eigenvalue weighted by molar-refractivity contribution is 0.371. The summed E-state index contributed by atoms with van der Waals surface area (Å²) in [6.45, 7) is 4.24. The summed E-state index contributed by atoms with van der Waals surface area (Å²) in [6, 6.07) is 7.60. The van der Waals surface area contributed by atoms with E-state index in [9.17, 15) is 4.39 Å². The zero-order valence-corrected chi connectivity index (χ0v) is 10.4. The van der Waals surface area contributed by atoms with Crippen LogP contribution in [0.5, 0.6) is 0 Å². The highest BCUT2D eigenvalue weighted by Crippen LogP contribution is 2.13. The van der Waals surface area contributed by atoms with E-state index in [0.717, 1.165) is 18.7 Å². The molecule has 2 N–H and O–H groups in total. The van der Waals surface area contributed by atoms with Gasteiger partial charge in [0.15, 0.2) is 0 Å². The predicted octanol–water partition coefficient (Wildman–Crippen LogP) is 2.62. The molecule has 1 unspecified atom stereocenters. The summed E-state index contributed by atoms with van der Waals surface area (Å²) in [4.78, 5) is 0. The number of halogens is 1. The van der Waals surface area contributed by atoms with Crippen molar-refractivity contribution in [2.75, 3.05) is 13.1 Å². The molecule has 0 spiro atoms. The largest absolute Gasteiger partial charge is 0.313 e. The average molecular weight is 236 g/mol. The van der Waals surface area contributed by atoms with Gasteiger partial charge in [-0.05, 0) is 44.0 Å². The third-order valence-electron chi connectivity index (χ3n) is 3.45. The Morgan fingerprint density at radius 2 is 2.12 bits per heavy atom. The van der Waals surface area contributed by atoms with Gasteiger partial charge < -0.3 is 10.6 Å². The molecular formula is C14H21FN2. The molecule has 2 atom stereocenters. The summed E-state index contributed by atoms with van der Waals surface area (Å²) >= 11 is 0. The van der Waals surface area contributed by atoms with Crippen LogP contribution in [-0.2, 0) is 0 Å². The molecule has 1 aromatic carbocycles. The summed E-state index contributed by atoms with van der Waals surface area (Å²) in [5.41, 5.74) is 1.14. The van der Waals surface area contributed by atoms with Crippen molar-refractivity contribution in [1.82, 2.24) is 10.6 Å². The fourth-order valence-corrected chi connectivity index (χ4v) is 2.29. The van der Waals surface area contributed by atoms with Gasteiger partial charge in [0.2, 0.25) is 0 Å². The Labute approximate surface area is 103 Å². The molecule has 0 radical (unpaired) electrons. The van der Waals surface area contributed by atoms with Crippen LogP contribution in [0.25, 0.3) is 0 Å². The van der Waals surface area contributed by atoms with Crippen molar-refractivity contribution in [1.29, 1.82) is 0 Å². The van der Waals surface area contributed by atoms with E-state index in [1.165, 1.54) is 31.4 Å². The zero-order chi connectivity index (χ0) is 12.1. The summed E-state index contributed by atoms with van der Waals surface area (Å²) < 4.78 is 12.8. The van der Waals surface area contributed by atoms with E-state index in [0.29, 0.717) is 6.04 Å². The first-order chi connectivity index (χ1) is 8.25. The van der Waals surface area contributed by atoms with Crippen LogP contribution in [0.2, 0.25) is 0 Å². The molecule has 0 amide bonds. The highest BCUT2D eigenvalue weighted by atomic mass is 19.1. The molecule has 0 saturated carbocycles. The molecule has 2 rings (SSSR count). The first-order valence-corrected chi connectivity index (χ1v) is 6.48. The van der Waals surface area contributed by atoms with Gasteiger partial charge in [-0.25, -0.2) is 4.39 Å². The van der Waals surface area contributed by atoms with Crippen molar-refractivity contribution >= 4 is 0 Å².